The van der Waals surface area contributed by atoms with Gasteiger partial charge in [-0.15, -0.1) is 0 Å². The van der Waals surface area contributed by atoms with Crippen LogP contribution in [0.2, 0.25) is 0 Å². The molecule has 2 atom stereocenters. The quantitative estimate of drug-likeness (QED) is 0.817. The Morgan fingerprint density at radius 3 is 2.75 bits per heavy atom. The Bertz CT molecular complexity index is 379. The summed E-state index contributed by atoms with van der Waals surface area (Å²) >= 11 is 0. The molecule has 1 aromatic rings. The summed E-state index contributed by atoms with van der Waals surface area (Å²) in [7, 11) is 0. The molecule has 2 rings (SSSR count). The Morgan fingerprint density at radius 2 is 2.05 bits per heavy atom. The number of hydrogen-bond donors (Lipinski definition) is 1. The monoisotopic (exact) mass is 277 g/mol. The molecule has 2 unspecified atom stereocenters. The van der Waals surface area contributed by atoms with Gasteiger partial charge in [0.2, 0.25) is 0 Å². The number of nitrogens with zero attached hydrogens (tertiary/aromatic N) is 2. The molecule has 114 valence electrons. The molecule has 3 heteroatoms. The lowest BCUT2D eigenvalue weighted by Crippen LogP contribution is -2.27. The normalized spacial score (nSPS) is 19.9. The number of nitrogens with one attached hydrogen (secondary N) is 1. The van der Waals surface area contributed by atoms with Crippen molar-refractivity contribution in [1.82, 2.24) is 15.1 Å². The summed E-state index contributed by atoms with van der Waals surface area (Å²) in [6.07, 6.45) is 11.3. The first-order valence-electron chi connectivity index (χ1n) is 8.46. The molecule has 1 heterocycles. The highest BCUT2D eigenvalue weighted by atomic mass is 15.3. The van der Waals surface area contributed by atoms with Crippen LogP contribution < -0.4 is 5.32 Å². The van der Waals surface area contributed by atoms with Crippen molar-refractivity contribution in [3.05, 3.63) is 18.0 Å². The maximum atomic E-state index is 4.82. The maximum Gasteiger partial charge on any atom is 0.0627 e. The predicted octanol–water partition coefficient (Wildman–Crippen LogP) is 3.96. The number of aromatic nitrogens is 2. The van der Waals surface area contributed by atoms with Gasteiger partial charge in [0.1, 0.15) is 0 Å². The predicted molar refractivity (Wildman–Crippen MR) is 85.0 cm³/mol. The zero-order valence-electron chi connectivity index (χ0n) is 13.4. The van der Waals surface area contributed by atoms with Crippen LogP contribution in [-0.4, -0.2) is 22.4 Å². The fourth-order valence-electron chi connectivity index (χ4n) is 3.51. The molecular weight excluding hydrogens is 246 g/mol. The van der Waals surface area contributed by atoms with Gasteiger partial charge in [-0.1, -0.05) is 33.1 Å². The fraction of sp³-hybridized carbons (Fsp3) is 0.824. The highest BCUT2D eigenvalue weighted by Gasteiger charge is 2.17. The first-order valence-corrected chi connectivity index (χ1v) is 8.46. The largest absolute Gasteiger partial charge is 0.315 e. The summed E-state index contributed by atoms with van der Waals surface area (Å²) in [5.74, 6) is 0.693. The third kappa shape index (κ3) is 4.62. The molecular formula is C17H31N3. The smallest absolute Gasteiger partial charge is 0.0627 e. The zero-order valence-corrected chi connectivity index (χ0v) is 13.4. The van der Waals surface area contributed by atoms with E-state index in [4.69, 9.17) is 5.10 Å². The Hall–Kier alpha value is -0.830. The topological polar surface area (TPSA) is 29.9 Å². The molecule has 1 fully saturated rings. The second-order valence-electron chi connectivity index (χ2n) is 6.58. The Kier molecular flexibility index (Phi) is 6.08. The van der Waals surface area contributed by atoms with E-state index in [-0.39, 0.29) is 0 Å². The molecule has 0 aromatic carbocycles. The van der Waals surface area contributed by atoms with Crippen molar-refractivity contribution in [2.75, 3.05) is 6.54 Å². The zero-order chi connectivity index (χ0) is 14.4. The van der Waals surface area contributed by atoms with Crippen LogP contribution in [0.3, 0.4) is 0 Å². The molecule has 1 aromatic heterocycles. The molecule has 1 aliphatic carbocycles. The van der Waals surface area contributed by atoms with E-state index in [2.05, 4.69) is 43.0 Å². The second kappa shape index (κ2) is 7.82. The summed E-state index contributed by atoms with van der Waals surface area (Å²) in [6.45, 7) is 7.85. The van der Waals surface area contributed by atoms with Gasteiger partial charge in [-0.2, -0.15) is 5.10 Å². The molecule has 0 bridgehead atoms. The van der Waals surface area contributed by atoms with Crippen LogP contribution in [0.15, 0.2) is 12.3 Å². The SMILES string of the molecule is CCNC(C)CC(C)Cc1ccn(C2CCCCC2)n1. The molecule has 0 spiro atoms. The molecule has 1 saturated carbocycles. The van der Waals surface area contributed by atoms with Crippen LogP contribution in [0.4, 0.5) is 0 Å². The molecule has 0 aliphatic heterocycles. The Labute approximate surface area is 124 Å². The summed E-state index contributed by atoms with van der Waals surface area (Å²) in [5, 5.41) is 8.32. The lowest BCUT2D eigenvalue weighted by molar-refractivity contribution is 0.326. The molecule has 3 nitrogen and oxygen atoms in total. The summed E-state index contributed by atoms with van der Waals surface area (Å²) < 4.78 is 2.23. The van der Waals surface area contributed by atoms with E-state index in [0.717, 1.165) is 13.0 Å². The molecule has 0 saturated heterocycles. The Morgan fingerprint density at radius 1 is 1.30 bits per heavy atom. The van der Waals surface area contributed by atoms with Crippen molar-refractivity contribution in [2.24, 2.45) is 5.92 Å². The van der Waals surface area contributed by atoms with Gasteiger partial charge < -0.3 is 5.32 Å². The summed E-state index contributed by atoms with van der Waals surface area (Å²) in [6, 6.07) is 3.49. The third-order valence-electron chi connectivity index (χ3n) is 4.48. The summed E-state index contributed by atoms with van der Waals surface area (Å²) in [5.41, 5.74) is 1.27. The Balaban J connectivity index is 1.82. The second-order valence-corrected chi connectivity index (χ2v) is 6.58. The van der Waals surface area contributed by atoms with Crippen LogP contribution in [0, 0.1) is 5.92 Å². The highest BCUT2D eigenvalue weighted by Crippen LogP contribution is 2.27. The lowest BCUT2D eigenvalue weighted by atomic mass is 9.96. The average molecular weight is 277 g/mol. The van der Waals surface area contributed by atoms with Crippen molar-refractivity contribution >= 4 is 0 Å². The van der Waals surface area contributed by atoms with Crippen LogP contribution >= 0.6 is 0 Å². The van der Waals surface area contributed by atoms with E-state index in [1.54, 1.807) is 0 Å². The van der Waals surface area contributed by atoms with Gasteiger partial charge in [0.15, 0.2) is 0 Å². The van der Waals surface area contributed by atoms with E-state index in [1.807, 2.05) is 0 Å². The van der Waals surface area contributed by atoms with E-state index < -0.39 is 0 Å². The molecule has 1 aliphatic rings. The number of hydrogen-bond acceptors (Lipinski definition) is 2. The van der Waals surface area contributed by atoms with Gasteiger partial charge in [-0.3, -0.25) is 4.68 Å². The van der Waals surface area contributed by atoms with Crippen molar-refractivity contribution in [3.8, 4) is 0 Å². The minimum Gasteiger partial charge on any atom is -0.315 e. The highest BCUT2D eigenvalue weighted by molar-refractivity contribution is 5.01. The van der Waals surface area contributed by atoms with Crippen molar-refractivity contribution < 1.29 is 0 Å². The lowest BCUT2D eigenvalue weighted by Gasteiger charge is -2.22. The first kappa shape index (κ1) is 15.6. The van der Waals surface area contributed by atoms with Gasteiger partial charge in [0.05, 0.1) is 11.7 Å². The molecule has 1 N–H and O–H groups in total. The van der Waals surface area contributed by atoms with Crippen molar-refractivity contribution in [1.29, 1.82) is 0 Å². The van der Waals surface area contributed by atoms with Crippen LogP contribution in [0.25, 0.3) is 0 Å². The van der Waals surface area contributed by atoms with E-state index in [0.29, 0.717) is 18.0 Å². The maximum absolute atomic E-state index is 4.82. The molecule has 20 heavy (non-hydrogen) atoms. The van der Waals surface area contributed by atoms with Gasteiger partial charge in [0.25, 0.3) is 0 Å². The minimum absolute atomic E-state index is 0.607. The van der Waals surface area contributed by atoms with Gasteiger partial charge >= 0.3 is 0 Å². The fourth-order valence-corrected chi connectivity index (χ4v) is 3.51. The van der Waals surface area contributed by atoms with E-state index in [1.165, 1.54) is 44.2 Å². The minimum atomic E-state index is 0.607. The van der Waals surface area contributed by atoms with Gasteiger partial charge in [-0.05, 0) is 51.1 Å². The third-order valence-corrected chi connectivity index (χ3v) is 4.48. The average Bonchev–Trinajstić information content (AvgIpc) is 2.88. The number of rotatable bonds is 7. The van der Waals surface area contributed by atoms with Crippen molar-refractivity contribution in [3.63, 3.8) is 0 Å². The molecule has 0 radical (unpaired) electrons. The molecule has 0 amide bonds. The summed E-state index contributed by atoms with van der Waals surface area (Å²) in [4.78, 5) is 0. The van der Waals surface area contributed by atoms with Gasteiger partial charge in [-0.25, -0.2) is 0 Å². The van der Waals surface area contributed by atoms with Crippen molar-refractivity contribution in [2.45, 2.75) is 77.8 Å². The van der Waals surface area contributed by atoms with E-state index in [9.17, 15) is 0 Å². The van der Waals surface area contributed by atoms with Crippen LogP contribution in [-0.2, 0) is 6.42 Å². The van der Waals surface area contributed by atoms with Crippen LogP contribution in [0.5, 0.6) is 0 Å². The first-order chi connectivity index (χ1) is 9.69. The standard InChI is InChI=1S/C17H31N3/c1-4-18-15(3)12-14(2)13-16-10-11-20(19-16)17-8-6-5-7-9-17/h10-11,14-15,17-18H,4-9,12-13H2,1-3H3. The van der Waals surface area contributed by atoms with E-state index >= 15 is 0 Å². The van der Waals surface area contributed by atoms with Gasteiger partial charge in [0, 0.05) is 12.2 Å². The van der Waals surface area contributed by atoms with Crippen LogP contribution in [0.1, 0.15) is 71.0 Å².